The molecule has 1 aromatic rings. The van der Waals surface area contributed by atoms with E-state index in [1.54, 1.807) is 0 Å². The standard InChI is InChI=1S/C16H25N3O3/c1-11-10-21-17-15(11)16(20)19-6-4-5-14(19)9-18-7-12(2)22-13(3)8-18/h10,12-14H,4-9H2,1-3H3. The lowest BCUT2D eigenvalue weighted by Crippen LogP contribution is -2.51. The fourth-order valence-corrected chi connectivity index (χ4v) is 3.65. The van der Waals surface area contributed by atoms with E-state index < -0.39 is 0 Å². The van der Waals surface area contributed by atoms with Gasteiger partial charge < -0.3 is 14.2 Å². The van der Waals surface area contributed by atoms with E-state index in [2.05, 4.69) is 23.9 Å². The summed E-state index contributed by atoms with van der Waals surface area (Å²) in [4.78, 5) is 17.1. The summed E-state index contributed by atoms with van der Waals surface area (Å²) in [6.07, 6.45) is 4.16. The Bertz CT molecular complexity index is 520. The van der Waals surface area contributed by atoms with Gasteiger partial charge >= 0.3 is 0 Å². The highest BCUT2D eigenvalue weighted by atomic mass is 16.5. The first-order valence-electron chi connectivity index (χ1n) is 8.14. The van der Waals surface area contributed by atoms with Crippen LogP contribution in [0, 0.1) is 6.92 Å². The zero-order chi connectivity index (χ0) is 15.7. The quantitative estimate of drug-likeness (QED) is 0.850. The van der Waals surface area contributed by atoms with Gasteiger partial charge in [-0.05, 0) is 33.6 Å². The van der Waals surface area contributed by atoms with Gasteiger partial charge in [0.15, 0.2) is 5.69 Å². The van der Waals surface area contributed by atoms with Gasteiger partial charge in [-0.15, -0.1) is 0 Å². The lowest BCUT2D eigenvalue weighted by atomic mass is 10.1. The molecule has 2 aliphatic heterocycles. The van der Waals surface area contributed by atoms with Crippen LogP contribution in [0.25, 0.3) is 0 Å². The summed E-state index contributed by atoms with van der Waals surface area (Å²) in [5.74, 6) is 0.00288. The van der Waals surface area contributed by atoms with Crippen molar-refractivity contribution in [3.63, 3.8) is 0 Å². The molecule has 2 saturated heterocycles. The van der Waals surface area contributed by atoms with E-state index in [-0.39, 0.29) is 24.2 Å². The molecule has 0 aliphatic carbocycles. The van der Waals surface area contributed by atoms with Gasteiger partial charge in [-0.25, -0.2) is 0 Å². The van der Waals surface area contributed by atoms with Crippen LogP contribution in [0.15, 0.2) is 10.8 Å². The number of carbonyl (C=O) groups excluding carboxylic acids is 1. The monoisotopic (exact) mass is 307 g/mol. The first-order valence-corrected chi connectivity index (χ1v) is 8.14. The maximum atomic E-state index is 12.7. The van der Waals surface area contributed by atoms with Crippen LogP contribution in [0.1, 0.15) is 42.7 Å². The van der Waals surface area contributed by atoms with Crippen molar-refractivity contribution in [3.05, 3.63) is 17.5 Å². The topological polar surface area (TPSA) is 58.8 Å². The lowest BCUT2D eigenvalue weighted by molar-refractivity contribution is -0.0715. The number of carbonyl (C=O) groups is 1. The third-order valence-corrected chi connectivity index (χ3v) is 4.55. The third kappa shape index (κ3) is 3.17. The van der Waals surface area contributed by atoms with Crippen LogP contribution in [0.2, 0.25) is 0 Å². The zero-order valence-corrected chi connectivity index (χ0v) is 13.6. The Kier molecular flexibility index (Phi) is 4.49. The van der Waals surface area contributed by atoms with Crippen molar-refractivity contribution in [1.82, 2.24) is 15.0 Å². The van der Waals surface area contributed by atoms with Crippen molar-refractivity contribution in [2.75, 3.05) is 26.2 Å². The number of amides is 1. The van der Waals surface area contributed by atoms with Gasteiger partial charge in [-0.2, -0.15) is 0 Å². The van der Waals surface area contributed by atoms with Gasteiger partial charge in [0.1, 0.15) is 6.26 Å². The van der Waals surface area contributed by atoms with Crippen LogP contribution in [-0.2, 0) is 4.74 Å². The molecule has 6 nitrogen and oxygen atoms in total. The SMILES string of the molecule is Cc1conc1C(=O)N1CCCC1CN1CC(C)OC(C)C1. The highest BCUT2D eigenvalue weighted by molar-refractivity contribution is 5.93. The molecule has 0 saturated carbocycles. The summed E-state index contributed by atoms with van der Waals surface area (Å²) in [6.45, 7) is 9.68. The Morgan fingerprint density at radius 3 is 2.73 bits per heavy atom. The molecule has 2 aliphatic rings. The predicted octanol–water partition coefficient (Wildman–Crippen LogP) is 1.70. The Balaban J connectivity index is 1.66. The van der Waals surface area contributed by atoms with Gasteiger partial charge in [-0.1, -0.05) is 5.16 Å². The fourth-order valence-electron chi connectivity index (χ4n) is 3.65. The van der Waals surface area contributed by atoms with E-state index in [9.17, 15) is 4.79 Å². The summed E-state index contributed by atoms with van der Waals surface area (Å²) >= 11 is 0. The normalized spacial score (nSPS) is 30.0. The molecule has 0 spiro atoms. The van der Waals surface area contributed by atoms with Crippen LogP contribution in [0.5, 0.6) is 0 Å². The molecule has 2 fully saturated rings. The van der Waals surface area contributed by atoms with E-state index >= 15 is 0 Å². The average Bonchev–Trinajstić information content (AvgIpc) is 3.06. The molecule has 6 heteroatoms. The Morgan fingerprint density at radius 1 is 1.36 bits per heavy atom. The predicted molar refractivity (Wildman–Crippen MR) is 81.7 cm³/mol. The molecule has 3 atom stereocenters. The second-order valence-corrected chi connectivity index (χ2v) is 6.62. The second-order valence-electron chi connectivity index (χ2n) is 6.62. The molecule has 1 aromatic heterocycles. The summed E-state index contributed by atoms with van der Waals surface area (Å²) in [5, 5.41) is 3.87. The number of likely N-dealkylation sites (tertiary alicyclic amines) is 1. The molecule has 3 unspecified atom stereocenters. The van der Waals surface area contributed by atoms with Crippen molar-refractivity contribution in [1.29, 1.82) is 0 Å². The Labute approximate surface area is 131 Å². The van der Waals surface area contributed by atoms with Crippen molar-refractivity contribution in [2.24, 2.45) is 0 Å². The molecule has 122 valence electrons. The molecule has 1 amide bonds. The zero-order valence-electron chi connectivity index (χ0n) is 13.6. The van der Waals surface area contributed by atoms with Crippen molar-refractivity contribution in [3.8, 4) is 0 Å². The number of ether oxygens (including phenoxy) is 1. The number of aryl methyl sites for hydroxylation is 1. The number of morpholine rings is 1. The van der Waals surface area contributed by atoms with Crippen LogP contribution in [0.3, 0.4) is 0 Å². The van der Waals surface area contributed by atoms with E-state index in [0.29, 0.717) is 5.69 Å². The number of aromatic nitrogens is 1. The highest BCUT2D eigenvalue weighted by Gasteiger charge is 2.34. The maximum absolute atomic E-state index is 12.7. The van der Waals surface area contributed by atoms with Gasteiger partial charge in [0.2, 0.25) is 0 Å². The van der Waals surface area contributed by atoms with E-state index in [4.69, 9.17) is 9.26 Å². The highest BCUT2D eigenvalue weighted by Crippen LogP contribution is 2.23. The van der Waals surface area contributed by atoms with E-state index in [0.717, 1.165) is 44.6 Å². The first-order chi connectivity index (χ1) is 10.5. The van der Waals surface area contributed by atoms with E-state index in [1.807, 2.05) is 11.8 Å². The van der Waals surface area contributed by atoms with Gasteiger partial charge in [0, 0.05) is 37.8 Å². The lowest BCUT2D eigenvalue weighted by Gasteiger charge is -2.38. The molecule has 0 aromatic carbocycles. The number of hydrogen-bond acceptors (Lipinski definition) is 5. The fraction of sp³-hybridized carbons (Fsp3) is 0.750. The minimum Gasteiger partial charge on any atom is -0.373 e. The van der Waals surface area contributed by atoms with Crippen LogP contribution in [0.4, 0.5) is 0 Å². The van der Waals surface area contributed by atoms with Crippen LogP contribution >= 0.6 is 0 Å². The summed E-state index contributed by atoms with van der Waals surface area (Å²) < 4.78 is 10.7. The number of rotatable bonds is 3. The molecule has 0 bridgehead atoms. The van der Waals surface area contributed by atoms with Crippen molar-refractivity contribution in [2.45, 2.75) is 51.9 Å². The minimum atomic E-state index is 0.00288. The molecule has 0 radical (unpaired) electrons. The van der Waals surface area contributed by atoms with Gasteiger partial charge in [0.05, 0.1) is 12.2 Å². The average molecular weight is 307 g/mol. The summed E-state index contributed by atoms with van der Waals surface area (Å²) in [6, 6.07) is 0.265. The molecular formula is C16H25N3O3. The Hall–Kier alpha value is -1.40. The van der Waals surface area contributed by atoms with Crippen LogP contribution in [-0.4, -0.2) is 65.3 Å². The molecule has 0 N–H and O–H groups in total. The van der Waals surface area contributed by atoms with Gasteiger partial charge in [0.25, 0.3) is 5.91 Å². The largest absolute Gasteiger partial charge is 0.373 e. The van der Waals surface area contributed by atoms with Crippen LogP contribution < -0.4 is 0 Å². The number of hydrogen-bond donors (Lipinski definition) is 0. The van der Waals surface area contributed by atoms with Crippen molar-refractivity contribution < 1.29 is 14.1 Å². The first kappa shape index (κ1) is 15.5. The number of nitrogens with zero attached hydrogens (tertiary/aromatic N) is 3. The van der Waals surface area contributed by atoms with Gasteiger partial charge in [-0.3, -0.25) is 9.69 Å². The molecule has 3 rings (SSSR count). The molecule has 3 heterocycles. The molecule has 22 heavy (non-hydrogen) atoms. The smallest absolute Gasteiger partial charge is 0.276 e. The second kappa shape index (κ2) is 6.38. The minimum absolute atomic E-state index is 0.00288. The third-order valence-electron chi connectivity index (χ3n) is 4.55. The van der Waals surface area contributed by atoms with Crippen molar-refractivity contribution >= 4 is 5.91 Å². The van der Waals surface area contributed by atoms with E-state index in [1.165, 1.54) is 6.26 Å². The summed E-state index contributed by atoms with van der Waals surface area (Å²) in [5.41, 5.74) is 1.26. The Morgan fingerprint density at radius 2 is 2.09 bits per heavy atom. The summed E-state index contributed by atoms with van der Waals surface area (Å²) in [7, 11) is 0. The maximum Gasteiger partial charge on any atom is 0.276 e. The molecular weight excluding hydrogens is 282 g/mol.